The van der Waals surface area contributed by atoms with E-state index in [0.29, 0.717) is 29.3 Å². The van der Waals surface area contributed by atoms with Gasteiger partial charge >= 0.3 is 0 Å². The third-order valence-corrected chi connectivity index (χ3v) is 8.48. The Labute approximate surface area is 197 Å². The molecule has 1 N–H and O–H groups in total. The molecule has 0 atom stereocenters. The lowest BCUT2D eigenvalue weighted by molar-refractivity contribution is 0.0658. The fourth-order valence-electron chi connectivity index (χ4n) is 4.44. The van der Waals surface area contributed by atoms with Crippen molar-refractivity contribution in [3.8, 4) is 5.75 Å². The number of aromatic hydroxyl groups is 1. The number of fused-ring (bicyclic) bond motifs is 2. The first-order valence-corrected chi connectivity index (χ1v) is 12.6. The monoisotopic (exact) mass is 489 g/mol. The van der Waals surface area contributed by atoms with Gasteiger partial charge in [0.05, 0.1) is 11.4 Å². The van der Waals surface area contributed by atoms with Gasteiger partial charge in [-0.25, -0.2) is 8.42 Å². The van der Waals surface area contributed by atoms with Crippen molar-refractivity contribution in [2.75, 3.05) is 39.8 Å². The van der Waals surface area contributed by atoms with Crippen molar-refractivity contribution in [1.29, 1.82) is 0 Å². The molecule has 3 heterocycles. The van der Waals surface area contributed by atoms with E-state index in [1.54, 1.807) is 36.4 Å². The number of nitrogens with zero attached hydrogens (tertiary/aromatic N) is 3. The summed E-state index contributed by atoms with van der Waals surface area (Å²) >= 11 is 6.02. The number of piperazine rings is 1. The minimum Gasteiger partial charge on any atom is -0.504 e. The Morgan fingerprint density at radius 2 is 1.73 bits per heavy atom. The number of hydrogen-bond acceptors (Lipinski definition) is 6. The molecule has 0 spiro atoms. The normalized spacial score (nSPS) is 17.9. The molecule has 0 bridgehead atoms. The van der Waals surface area contributed by atoms with Crippen molar-refractivity contribution in [2.45, 2.75) is 17.9 Å². The van der Waals surface area contributed by atoms with Gasteiger partial charge in [0.15, 0.2) is 5.75 Å². The smallest absolute Gasteiger partial charge is 0.293 e. The Morgan fingerprint density at radius 1 is 1.03 bits per heavy atom. The maximum Gasteiger partial charge on any atom is 0.293 e. The van der Waals surface area contributed by atoms with Crippen LogP contribution in [-0.2, 0) is 23.0 Å². The van der Waals surface area contributed by atoms with Gasteiger partial charge in [0.2, 0.25) is 15.8 Å². The van der Waals surface area contributed by atoms with Crippen molar-refractivity contribution >= 4 is 38.3 Å². The fourth-order valence-corrected chi connectivity index (χ4v) is 6.08. The van der Waals surface area contributed by atoms with Gasteiger partial charge in [0, 0.05) is 43.3 Å². The van der Waals surface area contributed by atoms with Gasteiger partial charge < -0.3 is 14.4 Å². The topological polar surface area (TPSA) is 94.3 Å². The van der Waals surface area contributed by atoms with Gasteiger partial charge in [0.1, 0.15) is 5.76 Å². The van der Waals surface area contributed by atoms with E-state index >= 15 is 0 Å². The molecule has 2 aliphatic rings. The summed E-state index contributed by atoms with van der Waals surface area (Å²) in [6.45, 7) is 2.08. The molecule has 5 rings (SSSR count). The standard InChI is InChI=1S/C23H24ClN3O5S/c1-25-7-6-19-20(14-25)32-22(21(19)28)23(29)26-8-10-27(11-9-26)33(30,31)18-5-3-15-12-17(24)4-2-16(15)13-18/h2-5,12-13,28H,6-11,14H2,1H3. The zero-order chi connectivity index (χ0) is 23.3. The Bertz CT molecular complexity index is 1350. The van der Waals surface area contributed by atoms with E-state index in [2.05, 4.69) is 4.90 Å². The molecular weight excluding hydrogens is 466 g/mol. The van der Waals surface area contributed by atoms with Crippen LogP contribution in [-0.4, -0.2) is 73.3 Å². The number of hydrogen-bond donors (Lipinski definition) is 1. The molecule has 2 aliphatic heterocycles. The highest BCUT2D eigenvalue weighted by Crippen LogP contribution is 2.34. The molecule has 1 amide bonds. The second kappa shape index (κ2) is 8.32. The summed E-state index contributed by atoms with van der Waals surface area (Å²) in [5, 5.41) is 12.8. The predicted molar refractivity (Wildman–Crippen MR) is 124 cm³/mol. The lowest BCUT2D eigenvalue weighted by atomic mass is 10.1. The molecule has 1 fully saturated rings. The average Bonchev–Trinajstić information content (AvgIpc) is 3.13. The molecule has 0 unspecified atom stereocenters. The van der Waals surface area contributed by atoms with E-state index in [4.69, 9.17) is 16.0 Å². The van der Waals surface area contributed by atoms with Crippen molar-refractivity contribution in [3.63, 3.8) is 0 Å². The number of sulfonamides is 1. The third-order valence-electron chi connectivity index (χ3n) is 6.35. The van der Waals surface area contributed by atoms with Crippen LogP contribution in [0.2, 0.25) is 5.02 Å². The van der Waals surface area contributed by atoms with Crippen molar-refractivity contribution in [2.24, 2.45) is 0 Å². The quantitative estimate of drug-likeness (QED) is 0.608. The van der Waals surface area contributed by atoms with Crippen molar-refractivity contribution < 1.29 is 22.7 Å². The first-order chi connectivity index (χ1) is 15.7. The van der Waals surface area contributed by atoms with E-state index in [9.17, 15) is 18.3 Å². The van der Waals surface area contributed by atoms with Gasteiger partial charge in [-0.3, -0.25) is 9.69 Å². The number of rotatable bonds is 3. The van der Waals surface area contributed by atoms with Gasteiger partial charge in [-0.1, -0.05) is 23.7 Å². The van der Waals surface area contributed by atoms with E-state index < -0.39 is 15.9 Å². The van der Waals surface area contributed by atoms with Crippen LogP contribution < -0.4 is 0 Å². The lowest BCUT2D eigenvalue weighted by Crippen LogP contribution is -2.50. The van der Waals surface area contributed by atoms with Crippen molar-refractivity contribution in [1.82, 2.24) is 14.1 Å². The van der Waals surface area contributed by atoms with Crippen LogP contribution in [0, 0.1) is 0 Å². The average molecular weight is 490 g/mol. The Kier molecular flexibility index (Phi) is 5.60. The van der Waals surface area contributed by atoms with Crippen LogP contribution in [0.5, 0.6) is 5.75 Å². The predicted octanol–water partition coefficient (Wildman–Crippen LogP) is 2.93. The lowest BCUT2D eigenvalue weighted by Gasteiger charge is -2.33. The van der Waals surface area contributed by atoms with Crippen LogP contribution >= 0.6 is 11.6 Å². The molecule has 1 aromatic heterocycles. The van der Waals surface area contributed by atoms with E-state index in [1.807, 2.05) is 7.05 Å². The molecule has 174 valence electrons. The summed E-state index contributed by atoms with van der Waals surface area (Å²) in [5.74, 6) is 0.0572. The summed E-state index contributed by atoms with van der Waals surface area (Å²) < 4.78 is 33.5. The largest absolute Gasteiger partial charge is 0.504 e. The minimum atomic E-state index is -3.71. The number of halogens is 1. The minimum absolute atomic E-state index is 0.0557. The molecule has 0 radical (unpaired) electrons. The molecule has 0 aliphatic carbocycles. The highest BCUT2D eigenvalue weighted by Gasteiger charge is 2.34. The van der Waals surface area contributed by atoms with Crippen LogP contribution in [0.4, 0.5) is 0 Å². The van der Waals surface area contributed by atoms with Gasteiger partial charge in [-0.05, 0) is 48.5 Å². The molecule has 0 saturated carbocycles. The number of amides is 1. The van der Waals surface area contributed by atoms with Gasteiger partial charge in [0.25, 0.3) is 5.91 Å². The highest BCUT2D eigenvalue weighted by molar-refractivity contribution is 7.89. The zero-order valence-electron chi connectivity index (χ0n) is 18.1. The maximum absolute atomic E-state index is 13.2. The van der Waals surface area contributed by atoms with Crippen LogP contribution in [0.15, 0.2) is 45.7 Å². The summed E-state index contributed by atoms with van der Waals surface area (Å²) in [6, 6.07) is 10.3. The molecule has 3 aromatic rings. The van der Waals surface area contributed by atoms with Gasteiger partial charge in [-0.15, -0.1) is 0 Å². The molecular formula is C23H24ClN3O5S. The number of carbonyl (C=O) groups excluding carboxylic acids is 1. The summed E-state index contributed by atoms with van der Waals surface area (Å²) in [5.41, 5.74) is 0.690. The molecule has 8 nitrogen and oxygen atoms in total. The summed E-state index contributed by atoms with van der Waals surface area (Å²) in [6.07, 6.45) is 0.623. The van der Waals surface area contributed by atoms with E-state index in [-0.39, 0.29) is 42.6 Å². The molecule has 33 heavy (non-hydrogen) atoms. The first-order valence-electron chi connectivity index (χ1n) is 10.7. The molecule has 2 aromatic carbocycles. The number of likely N-dealkylation sites (N-methyl/N-ethyl adjacent to an activating group) is 1. The zero-order valence-corrected chi connectivity index (χ0v) is 19.7. The number of carbonyl (C=O) groups is 1. The highest BCUT2D eigenvalue weighted by atomic mass is 35.5. The van der Waals surface area contributed by atoms with E-state index in [0.717, 1.165) is 17.3 Å². The second-order valence-corrected chi connectivity index (χ2v) is 10.9. The Morgan fingerprint density at radius 3 is 2.48 bits per heavy atom. The number of benzene rings is 2. The van der Waals surface area contributed by atoms with Gasteiger partial charge in [-0.2, -0.15) is 4.31 Å². The third kappa shape index (κ3) is 3.99. The van der Waals surface area contributed by atoms with Crippen LogP contribution in [0.1, 0.15) is 21.9 Å². The summed E-state index contributed by atoms with van der Waals surface area (Å²) in [7, 11) is -1.76. The fraction of sp³-hybridized carbons (Fsp3) is 0.348. The van der Waals surface area contributed by atoms with E-state index in [1.165, 1.54) is 9.21 Å². The number of furan rings is 1. The Balaban J connectivity index is 1.31. The molecule has 1 saturated heterocycles. The SMILES string of the molecule is CN1CCc2c(oc(C(=O)N3CCN(S(=O)(=O)c4ccc5cc(Cl)ccc5c4)CC3)c2O)C1. The molecule has 10 heteroatoms. The second-order valence-electron chi connectivity index (χ2n) is 8.52. The first kappa shape index (κ1) is 22.2. The van der Waals surface area contributed by atoms with Crippen LogP contribution in [0.25, 0.3) is 10.8 Å². The summed E-state index contributed by atoms with van der Waals surface area (Å²) in [4.78, 5) is 16.8. The van der Waals surface area contributed by atoms with Crippen LogP contribution in [0.3, 0.4) is 0 Å². The maximum atomic E-state index is 13.2. The van der Waals surface area contributed by atoms with Crippen molar-refractivity contribution in [3.05, 3.63) is 58.5 Å². The Hall–Kier alpha value is -2.59.